The lowest BCUT2D eigenvalue weighted by atomic mass is 9.88. The highest BCUT2D eigenvalue weighted by molar-refractivity contribution is 5.31. The van der Waals surface area contributed by atoms with Gasteiger partial charge in [0, 0.05) is 11.6 Å². The van der Waals surface area contributed by atoms with Gasteiger partial charge in [-0.25, -0.2) is 0 Å². The lowest BCUT2D eigenvalue weighted by Gasteiger charge is -2.38. The molecule has 0 aliphatic heterocycles. The van der Waals surface area contributed by atoms with E-state index in [1.54, 1.807) is 7.11 Å². The molecule has 90 valence electrons. The lowest BCUT2D eigenvalue weighted by Crippen LogP contribution is -2.47. The highest BCUT2D eigenvalue weighted by Gasteiger charge is 2.29. The van der Waals surface area contributed by atoms with Crippen molar-refractivity contribution < 1.29 is 4.74 Å². The fourth-order valence-electron chi connectivity index (χ4n) is 1.52. The van der Waals surface area contributed by atoms with E-state index in [1.807, 2.05) is 38.4 Å². The molecule has 0 aromatic heterocycles. The van der Waals surface area contributed by atoms with Crippen molar-refractivity contribution in [3.05, 3.63) is 29.8 Å². The van der Waals surface area contributed by atoms with Gasteiger partial charge in [0.1, 0.15) is 5.75 Å². The van der Waals surface area contributed by atoms with E-state index in [2.05, 4.69) is 18.7 Å². The van der Waals surface area contributed by atoms with Gasteiger partial charge in [-0.2, -0.15) is 0 Å². The number of hydrogen-bond donors (Lipinski definition) is 1. The van der Waals surface area contributed by atoms with Crippen molar-refractivity contribution in [2.45, 2.75) is 25.4 Å². The molecule has 1 aromatic carbocycles. The van der Waals surface area contributed by atoms with E-state index < -0.39 is 0 Å². The molecule has 0 heterocycles. The third-order valence-electron chi connectivity index (χ3n) is 3.37. The van der Waals surface area contributed by atoms with Gasteiger partial charge in [-0.3, -0.25) is 0 Å². The molecule has 0 spiro atoms. The molecule has 0 aliphatic rings. The Morgan fingerprint density at radius 1 is 1.31 bits per heavy atom. The van der Waals surface area contributed by atoms with Crippen LogP contribution in [0.3, 0.4) is 0 Å². The molecule has 0 radical (unpaired) electrons. The van der Waals surface area contributed by atoms with Gasteiger partial charge in [-0.05, 0) is 45.6 Å². The molecule has 16 heavy (non-hydrogen) atoms. The highest BCUT2D eigenvalue weighted by atomic mass is 16.5. The third kappa shape index (κ3) is 2.54. The van der Waals surface area contributed by atoms with E-state index in [1.165, 1.54) is 0 Å². The third-order valence-corrected chi connectivity index (χ3v) is 3.37. The van der Waals surface area contributed by atoms with Gasteiger partial charge in [-0.15, -0.1) is 0 Å². The van der Waals surface area contributed by atoms with E-state index in [0.717, 1.165) is 11.3 Å². The molecular weight excluding hydrogens is 200 g/mol. The maximum Gasteiger partial charge on any atom is 0.119 e. The van der Waals surface area contributed by atoms with Crippen LogP contribution in [0.1, 0.15) is 25.5 Å². The largest absolute Gasteiger partial charge is 0.497 e. The van der Waals surface area contributed by atoms with Crippen LogP contribution in [0.5, 0.6) is 5.75 Å². The average molecular weight is 222 g/mol. The summed E-state index contributed by atoms with van der Waals surface area (Å²) in [4.78, 5) is 2.14. The van der Waals surface area contributed by atoms with E-state index >= 15 is 0 Å². The monoisotopic (exact) mass is 222 g/mol. The van der Waals surface area contributed by atoms with Crippen LogP contribution in [0.25, 0.3) is 0 Å². The molecule has 0 amide bonds. The van der Waals surface area contributed by atoms with Crippen LogP contribution >= 0.6 is 0 Å². The summed E-state index contributed by atoms with van der Waals surface area (Å²) in [6, 6.07) is 7.89. The van der Waals surface area contributed by atoms with Crippen LogP contribution in [-0.4, -0.2) is 31.6 Å². The summed E-state index contributed by atoms with van der Waals surface area (Å²) >= 11 is 0. The van der Waals surface area contributed by atoms with Crippen molar-refractivity contribution >= 4 is 0 Å². The fourth-order valence-corrected chi connectivity index (χ4v) is 1.52. The fraction of sp³-hybridized carbons (Fsp3) is 0.538. The summed E-state index contributed by atoms with van der Waals surface area (Å²) in [6.07, 6.45) is 0. The first kappa shape index (κ1) is 13.0. The molecular formula is C13H22N2O. The Bertz CT molecular complexity index is 348. The van der Waals surface area contributed by atoms with E-state index in [-0.39, 0.29) is 11.6 Å². The second-order valence-electron chi connectivity index (χ2n) is 4.80. The number of benzene rings is 1. The van der Waals surface area contributed by atoms with Gasteiger partial charge in [0.2, 0.25) is 0 Å². The first-order valence-corrected chi connectivity index (χ1v) is 5.46. The van der Waals surface area contributed by atoms with Crippen LogP contribution in [-0.2, 0) is 0 Å². The summed E-state index contributed by atoms with van der Waals surface area (Å²) in [5, 5.41) is 0. The summed E-state index contributed by atoms with van der Waals surface area (Å²) in [7, 11) is 5.75. The zero-order chi connectivity index (χ0) is 12.3. The van der Waals surface area contributed by atoms with Crippen LogP contribution in [0.4, 0.5) is 0 Å². The van der Waals surface area contributed by atoms with Crippen molar-refractivity contribution in [3.63, 3.8) is 0 Å². The zero-order valence-electron chi connectivity index (χ0n) is 10.8. The Morgan fingerprint density at radius 2 is 1.94 bits per heavy atom. The molecule has 0 saturated heterocycles. The quantitative estimate of drug-likeness (QED) is 0.847. The molecule has 3 heteroatoms. The zero-order valence-corrected chi connectivity index (χ0v) is 10.8. The number of nitrogens with zero attached hydrogens (tertiary/aromatic N) is 1. The first-order chi connectivity index (χ1) is 7.39. The molecule has 0 fully saturated rings. The number of methoxy groups -OCH3 is 1. The maximum atomic E-state index is 6.30. The van der Waals surface area contributed by atoms with Crippen LogP contribution in [0.15, 0.2) is 24.3 Å². The molecule has 1 aromatic rings. The van der Waals surface area contributed by atoms with Crippen molar-refractivity contribution in [3.8, 4) is 5.75 Å². The summed E-state index contributed by atoms with van der Waals surface area (Å²) in [5.74, 6) is 0.850. The van der Waals surface area contributed by atoms with Crippen molar-refractivity contribution in [1.82, 2.24) is 4.90 Å². The Kier molecular flexibility index (Phi) is 3.94. The number of nitrogens with two attached hydrogens (primary N) is 1. The van der Waals surface area contributed by atoms with E-state index in [4.69, 9.17) is 10.5 Å². The summed E-state index contributed by atoms with van der Waals surface area (Å²) < 4.78 is 5.21. The summed E-state index contributed by atoms with van der Waals surface area (Å²) in [6.45, 7) is 4.27. The van der Waals surface area contributed by atoms with E-state index in [0.29, 0.717) is 0 Å². The molecule has 0 bridgehead atoms. The Morgan fingerprint density at radius 3 is 2.44 bits per heavy atom. The Hall–Kier alpha value is -1.06. The van der Waals surface area contributed by atoms with E-state index in [9.17, 15) is 0 Å². The number of rotatable bonds is 4. The minimum Gasteiger partial charge on any atom is -0.497 e. The minimum atomic E-state index is -0.0909. The van der Waals surface area contributed by atoms with Crippen LogP contribution in [0.2, 0.25) is 0 Å². The smallest absolute Gasteiger partial charge is 0.119 e. The van der Waals surface area contributed by atoms with Crippen molar-refractivity contribution in [2.24, 2.45) is 5.73 Å². The van der Waals surface area contributed by atoms with Gasteiger partial charge in [0.25, 0.3) is 0 Å². The number of likely N-dealkylation sites (N-methyl/N-ethyl adjacent to an activating group) is 1. The second kappa shape index (κ2) is 4.85. The van der Waals surface area contributed by atoms with Gasteiger partial charge < -0.3 is 15.4 Å². The van der Waals surface area contributed by atoms with Gasteiger partial charge in [-0.1, -0.05) is 12.1 Å². The van der Waals surface area contributed by atoms with Gasteiger partial charge >= 0.3 is 0 Å². The Balaban J connectivity index is 2.99. The predicted octanol–water partition coefficient (Wildman–Crippen LogP) is 2.04. The van der Waals surface area contributed by atoms with Gasteiger partial charge in [0.15, 0.2) is 0 Å². The lowest BCUT2D eigenvalue weighted by molar-refractivity contribution is 0.159. The molecule has 2 N–H and O–H groups in total. The van der Waals surface area contributed by atoms with Crippen LogP contribution in [0, 0.1) is 0 Å². The van der Waals surface area contributed by atoms with Crippen molar-refractivity contribution in [2.75, 3.05) is 21.2 Å². The number of ether oxygens (including phenoxy) is 1. The molecule has 0 aliphatic carbocycles. The topological polar surface area (TPSA) is 38.5 Å². The molecule has 1 rings (SSSR count). The highest BCUT2D eigenvalue weighted by Crippen LogP contribution is 2.28. The average Bonchev–Trinajstić information content (AvgIpc) is 2.27. The maximum absolute atomic E-state index is 6.30. The first-order valence-electron chi connectivity index (χ1n) is 5.46. The molecule has 1 atom stereocenters. The Labute approximate surface area is 98.2 Å². The predicted molar refractivity (Wildman–Crippen MR) is 67.7 cm³/mol. The standard InChI is InChI=1S/C13H22N2O/c1-13(2,15(3)4)12(14)10-7-6-8-11(9-10)16-5/h6-9,12H,14H2,1-5H3. The molecule has 0 saturated carbocycles. The molecule has 1 unspecified atom stereocenters. The minimum absolute atomic E-state index is 0.0439. The SMILES string of the molecule is COc1cccc(C(N)C(C)(C)N(C)C)c1. The second-order valence-corrected chi connectivity index (χ2v) is 4.80. The molecule has 3 nitrogen and oxygen atoms in total. The normalized spacial score (nSPS) is 13.9. The number of hydrogen-bond acceptors (Lipinski definition) is 3. The summed E-state index contributed by atoms with van der Waals surface area (Å²) in [5.41, 5.74) is 7.30. The van der Waals surface area contributed by atoms with Gasteiger partial charge in [0.05, 0.1) is 7.11 Å². The van der Waals surface area contributed by atoms with Crippen molar-refractivity contribution in [1.29, 1.82) is 0 Å². The van der Waals surface area contributed by atoms with Crippen LogP contribution < -0.4 is 10.5 Å².